The fourth-order valence-electron chi connectivity index (χ4n) is 4.62. The molecule has 3 aliphatic rings. The lowest BCUT2D eigenvalue weighted by atomic mass is 9.83. The Morgan fingerprint density at radius 2 is 1.75 bits per heavy atom. The van der Waals surface area contributed by atoms with Gasteiger partial charge in [-0.25, -0.2) is 0 Å². The SMILES string of the molecule is O=C1NC(=O)[C@H]2[C@@H]1[C@@H](C(=O)c1ccc(Cl)cc1Cl)N1C=Cc3ccccc3[C@@H]21. The molecule has 0 saturated carbocycles. The van der Waals surface area contributed by atoms with Crippen molar-refractivity contribution in [3.8, 4) is 0 Å². The molecule has 7 heteroatoms. The second-order valence-electron chi connectivity index (χ2n) is 7.18. The Hall–Kier alpha value is -2.63. The molecule has 2 saturated heterocycles. The molecule has 0 spiro atoms. The van der Waals surface area contributed by atoms with Gasteiger partial charge in [-0.2, -0.15) is 0 Å². The number of rotatable bonds is 2. The first-order valence-electron chi connectivity index (χ1n) is 8.86. The van der Waals surface area contributed by atoms with Gasteiger partial charge < -0.3 is 4.90 Å². The first-order valence-corrected chi connectivity index (χ1v) is 9.61. The van der Waals surface area contributed by atoms with Crippen molar-refractivity contribution in [1.82, 2.24) is 10.2 Å². The van der Waals surface area contributed by atoms with Crippen LogP contribution in [0.25, 0.3) is 6.08 Å². The summed E-state index contributed by atoms with van der Waals surface area (Å²) in [6.07, 6.45) is 3.71. The van der Waals surface area contributed by atoms with Crippen molar-refractivity contribution >= 4 is 46.9 Å². The predicted octanol–water partition coefficient (Wildman–Crippen LogP) is 3.47. The van der Waals surface area contributed by atoms with Crippen LogP contribution in [0.2, 0.25) is 10.0 Å². The third-order valence-electron chi connectivity index (χ3n) is 5.77. The average Bonchev–Trinajstić information content (AvgIpc) is 3.16. The minimum absolute atomic E-state index is 0.226. The minimum Gasteiger partial charge on any atom is -0.358 e. The van der Waals surface area contributed by atoms with E-state index in [9.17, 15) is 14.4 Å². The standard InChI is InChI=1S/C21H14Cl2N2O3/c22-11-5-6-13(14(23)9-11)19(26)18-16-15(20(27)24-21(16)28)17-12-4-2-1-3-10(12)7-8-25(17)18/h1-9,15-18H,(H,24,27,28)/t15-,16+,17-,18-/m0/s1. The van der Waals surface area contributed by atoms with Crippen LogP contribution >= 0.6 is 23.2 Å². The van der Waals surface area contributed by atoms with E-state index in [1.54, 1.807) is 18.3 Å². The highest BCUT2D eigenvalue weighted by molar-refractivity contribution is 6.37. The fourth-order valence-corrected chi connectivity index (χ4v) is 5.12. The number of halogens is 2. The van der Waals surface area contributed by atoms with E-state index in [4.69, 9.17) is 23.2 Å². The summed E-state index contributed by atoms with van der Waals surface area (Å²) < 4.78 is 0. The highest BCUT2D eigenvalue weighted by atomic mass is 35.5. The molecule has 2 fully saturated rings. The predicted molar refractivity (Wildman–Crippen MR) is 105 cm³/mol. The van der Waals surface area contributed by atoms with Gasteiger partial charge in [0.25, 0.3) is 0 Å². The molecule has 0 unspecified atom stereocenters. The number of ketones is 1. The van der Waals surface area contributed by atoms with Gasteiger partial charge in [-0.15, -0.1) is 0 Å². The van der Waals surface area contributed by atoms with Gasteiger partial charge in [-0.3, -0.25) is 19.7 Å². The van der Waals surface area contributed by atoms with E-state index in [0.717, 1.165) is 11.1 Å². The summed E-state index contributed by atoms with van der Waals surface area (Å²) in [4.78, 5) is 40.5. The lowest BCUT2D eigenvalue weighted by molar-refractivity contribution is -0.127. The van der Waals surface area contributed by atoms with Crippen molar-refractivity contribution in [3.05, 3.63) is 75.4 Å². The number of amides is 2. The molecule has 140 valence electrons. The molecule has 0 bridgehead atoms. The molecule has 0 aliphatic carbocycles. The Balaban J connectivity index is 1.65. The van der Waals surface area contributed by atoms with Crippen molar-refractivity contribution < 1.29 is 14.4 Å². The number of hydrogen-bond acceptors (Lipinski definition) is 4. The second-order valence-corrected chi connectivity index (χ2v) is 8.02. The van der Waals surface area contributed by atoms with Gasteiger partial charge in [-0.1, -0.05) is 47.5 Å². The average molecular weight is 413 g/mol. The zero-order chi connectivity index (χ0) is 19.6. The summed E-state index contributed by atoms with van der Waals surface area (Å²) >= 11 is 12.2. The molecule has 4 atom stereocenters. The Morgan fingerprint density at radius 1 is 1.00 bits per heavy atom. The number of benzene rings is 2. The van der Waals surface area contributed by atoms with Crippen molar-refractivity contribution in [1.29, 1.82) is 0 Å². The van der Waals surface area contributed by atoms with E-state index in [2.05, 4.69) is 5.32 Å². The molecule has 2 amide bonds. The maximum Gasteiger partial charge on any atom is 0.233 e. The highest BCUT2D eigenvalue weighted by Crippen LogP contribution is 2.51. The van der Waals surface area contributed by atoms with Crippen LogP contribution in [0.4, 0.5) is 0 Å². The van der Waals surface area contributed by atoms with E-state index in [1.807, 2.05) is 35.2 Å². The zero-order valence-electron chi connectivity index (χ0n) is 14.4. The van der Waals surface area contributed by atoms with Crippen LogP contribution in [0.3, 0.4) is 0 Å². The van der Waals surface area contributed by atoms with Crippen LogP contribution in [0, 0.1) is 11.8 Å². The number of imide groups is 1. The van der Waals surface area contributed by atoms with Gasteiger partial charge in [0.05, 0.1) is 22.9 Å². The summed E-state index contributed by atoms with van der Waals surface area (Å²) in [6.45, 7) is 0. The van der Waals surface area contributed by atoms with Crippen molar-refractivity contribution in [2.24, 2.45) is 11.8 Å². The maximum absolute atomic E-state index is 13.4. The van der Waals surface area contributed by atoms with Crippen LogP contribution in [0.5, 0.6) is 0 Å². The van der Waals surface area contributed by atoms with Crippen LogP contribution in [0.15, 0.2) is 48.7 Å². The zero-order valence-corrected chi connectivity index (χ0v) is 15.9. The van der Waals surface area contributed by atoms with Crippen LogP contribution < -0.4 is 5.32 Å². The fraction of sp³-hybridized carbons (Fsp3) is 0.190. The minimum atomic E-state index is -0.815. The molecule has 3 heterocycles. The lowest BCUT2D eigenvalue weighted by Crippen LogP contribution is -2.43. The number of fused-ring (bicyclic) bond motifs is 5. The molecule has 0 radical (unpaired) electrons. The number of carbonyl (C=O) groups excluding carboxylic acids is 3. The summed E-state index contributed by atoms with van der Waals surface area (Å²) in [5.41, 5.74) is 2.20. The third-order valence-corrected chi connectivity index (χ3v) is 6.32. The lowest BCUT2D eigenvalue weighted by Gasteiger charge is -2.34. The summed E-state index contributed by atoms with van der Waals surface area (Å²) in [5, 5.41) is 3.05. The molecule has 28 heavy (non-hydrogen) atoms. The van der Waals surface area contributed by atoms with Gasteiger partial charge >= 0.3 is 0 Å². The molecular formula is C21H14Cl2N2O3. The van der Waals surface area contributed by atoms with Crippen molar-refractivity contribution in [3.63, 3.8) is 0 Å². The number of Topliss-reactive ketones (excluding diaryl/α,β-unsaturated/α-hetero) is 1. The normalized spacial score (nSPS) is 27.3. The molecule has 5 nitrogen and oxygen atoms in total. The smallest absolute Gasteiger partial charge is 0.233 e. The largest absolute Gasteiger partial charge is 0.358 e. The van der Waals surface area contributed by atoms with E-state index in [0.29, 0.717) is 5.02 Å². The third kappa shape index (κ3) is 2.36. The van der Waals surface area contributed by atoms with Crippen LogP contribution in [-0.4, -0.2) is 28.5 Å². The molecule has 3 aliphatic heterocycles. The molecule has 5 rings (SSSR count). The summed E-state index contributed by atoms with van der Waals surface area (Å²) in [6, 6.07) is 11.2. The monoisotopic (exact) mass is 412 g/mol. The number of carbonyl (C=O) groups is 3. The Kier molecular flexibility index (Phi) is 3.86. The Bertz CT molecular complexity index is 1080. The van der Waals surface area contributed by atoms with Crippen LogP contribution in [0.1, 0.15) is 27.5 Å². The molecule has 0 aromatic heterocycles. The van der Waals surface area contributed by atoms with Crippen molar-refractivity contribution in [2.45, 2.75) is 12.1 Å². The van der Waals surface area contributed by atoms with Gasteiger partial charge in [0.15, 0.2) is 5.78 Å². The van der Waals surface area contributed by atoms with Crippen LogP contribution in [-0.2, 0) is 9.59 Å². The first kappa shape index (κ1) is 17.5. The molecule has 2 aromatic rings. The van der Waals surface area contributed by atoms with E-state index in [-0.39, 0.29) is 28.3 Å². The molecule has 2 aromatic carbocycles. The topological polar surface area (TPSA) is 66.5 Å². The van der Waals surface area contributed by atoms with Crippen molar-refractivity contribution in [2.75, 3.05) is 0 Å². The molecule has 1 N–H and O–H groups in total. The Morgan fingerprint density at radius 3 is 2.54 bits per heavy atom. The molecular weight excluding hydrogens is 399 g/mol. The quantitative estimate of drug-likeness (QED) is 0.605. The Labute approximate surface area is 170 Å². The maximum atomic E-state index is 13.4. The second kappa shape index (κ2) is 6.19. The number of nitrogens with one attached hydrogen (secondary N) is 1. The van der Waals surface area contributed by atoms with E-state index < -0.39 is 23.8 Å². The summed E-state index contributed by atoms with van der Waals surface area (Å²) in [7, 11) is 0. The highest BCUT2D eigenvalue weighted by Gasteiger charge is 2.61. The van der Waals surface area contributed by atoms with Gasteiger partial charge in [-0.05, 0) is 35.4 Å². The first-order chi connectivity index (χ1) is 13.5. The number of hydrogen-bond donors (Lipinski definition) is 1. The summed E-state index contributed by atoms with van der Waals surface area (Å²) in [5.74, 6) is -2.45. The number of nitrogens with zero attached hydrogens (tertiary/aromatic N) is 1. The van der Waals surface area contributed by atoms with Gasteiger partial charge in [0.2, 0.25) is 11.8 Å². The van der Waals surface area contributed by atoms with Gasteiger partial charge in [0, 0.05) is 16.8 Å². The van der Waals surface area contributed by atoms with E-state index in [1.165, 1.54) is 6.07 Å². The van der Waals surface area contributed by atoms with Gasteiger partial charge in [0.1, 0.15) is 6.04 Å². The van der Waals surface area contributed by atoms with E-state index >= 15 is 0 Å².